The minimum absolute atomic E-state index is 0.253. The zero-order valence-electron chi connectivity index (χ0n) is 12.5. The van der Waals surface area contributed by atoms with E-state index in [2.05, 4.69) is 12.2 Å². The highest BCUT2D eigenvalue weighted by atomic mass is 16.5. The highest BCUT2D eigenvalue weighted by molar-refractivity contribution is 5.90. The van der Waals surface area contributed by atoms with Crippen molar-refractivity contribution in [2.75, 3.05) is 7.11 Å². The normalized spacial score (nSPS) is 23.1. The highest BCUT2D eigenvalue weighted by Crippen LogP contribution is 2.23. The molecule has 0 spiro atoms. The van der Waals surface area contributed by atoms with Crippen LogP contribution in [0.25, 0.3) is 0 Å². The summed E-state index contributed by atoms with van der Waals surface area (Å²) in [5.41, 5.74) is 1.69. The third kappa shape index (κ3) is 3.83. The molecule has 1 aliphatic carbocycles. The van der Waals surface area contributed by atoms with E-state index in [1.165, 1.54) is 39.2 Å². The molecule has 0 amide bonds. The van der Waals surface area contributed by atoms with E-state index in [4.69, 9.17) is 4.74 Å². The summed E-state index contributed by atoms with van der Waals surface area (Å²) >= 11 is 0. The largest absolute Gasteiger partial charge is 0.465 e. The number of hydrogen-bond acceptors (Lipinski definition) is 3. The summed E-state index contributed by atoms with van der Waals surface area (Å²) in [7, 11) is 1.43. The Labute approximate surface area is 121 Å². The van der Waals surface area contributed by atoms with Gasteiger partial charge in [0.1, 0.15) is 0 Å². The Morgan fingerprint density at radius 3 is 2.80 bits per heavy atom. The van der Waals surface area contributed by atoms with Crippen molar-refractivity contribution < 1.29 is 9.53 Å². The van der Waals surface area contributed by atoms with Gasteiger partial charge in [0, 0.05) is 12.6 Å². The first kappa shape index (κ1) is 15.0. The first-order valence-corrected chi connectivity index (χ1v) is 7.62. The van der Waals surface area contributed by atoms with Gasteiger partial charge in [0.15, 0.2) is 0 Å². The summed E-state index contributed by atoms with van der Waals surface area (Å²) in [6.45, 7) is 3.06. The fraction of sp³-hybridized carbons (Fsp3) is 0.588. The summed E-state index contributed by atoms with van der Waals surface area (Å²) < 4.78 is 4.84. The molecule has 2 rings (SSSR count). The van der Waals surface area contributed by atoms with Crippen LogP contribution in [0.5, 0.6) is 0 Å². The van der Waals surface area contributed by atoms with Gasteiger partial charge in [-0.3, -0.25) is 0 Å². The molecule has 3 nitrogen and oxygen atoms in total. The van der Waals surface area contributed by atoms with E-state index in [1.807, 2.05) is 24.3 Å². The fourth-order valence-electron chi connectivity index (χ4n) is 3.02. The maximum Gasteiger partial charge on any atom is 0.338 e. The predicted octanol–water partition coefficient (Wildman–Crippen LogP) is 3.53. The van der Waals surface area contributed by atoms with Crippen LogP contribution in [0.1, 0.15) is 54.9 Å². The topological polar surface area (TPSA) is 38.3 Å². The average molecular weight is 275 g/mol. The lowest BCUT2D eigenvalue weighted by molar-refractivity contribution is 0.0599. The van der Waals surface area contributed by atoms with Gasteiger partial charge in [-0.15, -0.1) is 0 Å². The minimum Gasteiger partial charge on any atom is -0.465 e. The van der Waals surface area contributed by atoms with Crippen LogP contribution in [-0.4, -0.2) is 19.1 Å². The molecule has 1 aliphatic rings. The Balaban J connectivity index is 2.01. The molecule has 1 aromatic rings. The van der Waals surface area contributed by atoms with Crippen molar-refractivity contribution in [2.45, 2.75) is 51.6 Å². The Bertz CT molecular complexity index is 444. The van der Waals surface area contributed by atoms with E-state index in [1.54, 1.807) is 0 Å². The quantitative estimate of drug-likeness (QED) is 0.675. The zero-order chi connectivity index (χ0) is 14.4. The van der Waals surface area contributed by atoms with E-state index in [9.17, 15) is 4.79 Å². The van der Waals surface area contributed by atoms with E-state index in [0.29, 0.717) is 17.5 Å². The predicted molar refractivity (Wildman–Crippen MR) is 80.7 cm³/mol. The second kappa shape index (κ2) is 7.44. The molecule has 0 saturated heterocycles. The molecule has 0 bridgehead atoms. The number of hydrogen-bond donors (Lipinski definition) is 1. The Hall–Kier alpha value is -1.35. The third-order valence-electron chi connectivity index (χ3n) is 4.34. The zero-order valence-corrected chi connectivity index (χ0v) is 12.5. The number of rotatable bonds is 4. The summed E-state index contributed by atoms with van der Waals surface area (Å²) in [5.74, 6) is 0.458. The van der Waals surface area contributed by atoms with E-state index < -0.39 is 0 Å². The van der Waals surface area contributed by atoms with Crippen molar-refractivity contribution in [3.63, 3.8) is 0 Å². The van der Waals surface area contributed by atoms with E-state index in [0.717, 1.165) is 12.1 Å². The Kier molecular flexibility index (Phi) is 5.60. The molecule has 2 unspecified atom stereocenters. The molecular formula is C17H25NO2. The maximum absolute atomic E-state index is 11.8. The number of benzene rings is 1. The molecule has 1 aromatic carbocycles. The van der Waals surface area contributed by atoms with Crippen LogP contribution in [0.15, 0.2) is 24.3 Å². The summed E-state index contributed by atoms with van der Waals surface area (Å²) in [4.78, 5) is 11.8. The van der Waals surface area contributed by atoms with Crippen LogP contribution >= 0.6 is 0 Å². The lowest BCUT2D eigenvalue weighted by atomic mass is 9.96. The van der Waals surface area contributed by atoms with Crippen molar-refractivity contribution in [3.05, 3.63) is 35.4 Å². The number of methoxy groups -OCH3 is 1. The number of carbonyl (C=O) groups is 1. The van der Waals surface area contributed by atoms with Crippen LogP contribution < -0.4 is 5.32 Å². The van der Waals surface area contributed by atoms with Crippen molar-refractivity contribution in [2.24, 2.45) is 5.92 Å². The average Bonchev–Trinajstić information content (AvgIpc) is 2.69. The maximum atomic E-state index is 11.8. The van der Waals surface area contributed by atoms with Crippen LogP contribution in [0.2, 0.25) is 0 Å². The van der Waals surface area contributed by atoms with Crippen LogP contribution in [0.3, 0.4) is 0 Å². The molecule has 20 heavy (non-hydrogen) atoms. The first-order chi connectivity index (χ1) is 9.72. The smallest absolute Gasteiger partial charge is 0.338 e. The first-order valence-electron chi connectivity index (χ1n) is 7.62. The van der Waals surface area contributed by atoms with Gasteiger partial charge in [0.2, 0.25) is 0 Å². The van der Waals surface area contributed by atoms with Gasteiger partial charge < -0.3 is 10.1 Å². The number of carbonyl (C=O) groups excluding carboxylic acids is 1. The molecule has 0 aliphatic heterocycles. The molecule has 1 fully saturated rings. The lowest BCUT2D eigenvalue weighted by Gasteiger charge is -2.23. The molecule has 1 saturated carbocycles. The monoisotopic (exact) mass is 275 g/mol. The molecule has 0 aromatic heterocycles. The number of ether oxygens (including phenoxy) is 1. The van der Waals surface area contributed by atoms with Crippen LogP contribution in [0, 0.1) is 5.92 Å². The van der Waals surface area contributed by atoms with Gasteiger partial charge in [0.05, 0.1) is 12.7 Å². The number of nitrogens with one attached hydrogen (secondary N) is 1. The Morgan fingerprint density at radius 1 is 1.25 bits per heavy atom. The summed E-state index contributed by atoms with van der Waals surface area (Å²) in [5, 5.41) is 3.64. The molecule has 2 atom stereocenters. The summed E-state index contributed by atoms with van der Waals surface area (Å²) in [6.07, 6.45) is 6.54. The van der Waals surface area contributed by atoms with Crippen LogP contribution in [0.4, 0.5) is 0 Å². The van der Waals surface area contributed by atoms with Crippen LogP contribution in [-0.2, 0) is 11.3 Å². The van der Waals surface area contributed by atoms with E-state index >= 15 is 0 Å². The van der Waals surface area contributed by atoms with Crippen molar-refractivity contribution in [3.8, 4) is 0 Å². The molecule has 3 heteroatoms. The second-order valence-corrected chi connectivity index (χ2v) is 5.75. The fourth-order valence-corrected chi connectivity index (χ4v) is 3.02. The lowest BCUT2D eigenvalue weighted by Crippen LogP contribution is -2.34. The van der Waals surface area contributed by atoms with Gasteiger partial charge in [-0.05, 0) is 30.4 Å². The molecule has 0 radical (unpaired) electrons. The molecular weight excluding hydrogens is 250 g/mol. The SMILES string of the molecule is COC(=O)c1ccccc1CNC1CCCCCC1C. The van der Waals surface area contributed by atoms with E-state index in [-0.39, 0.29) is 5.97 Å². The number of esters is 1. The highest BCUT2D eigenvalue weighted by Gasteiger charge is 2.20. The Morgan fingerprint density at radius 2 is 2.00 bits per heavy atom. The van der Waals surface area contributed by atoms with Gasteiger partial charge in [-0.1, -0.05) is 44.4 Å². The van der Waals surface area contributed by atoms with Crippen molar-refractivity contribution in [1.82, 2.24) is 5.32 Å². The molecule has 110 valence electrons. The minimum atomic E-state index is -0.253. The second-order valence-electron chi connectivity index (χ2n) is 5.75. The molecule has 0 heterocycles. The summed E-state index contributed by atoms with van der Waals surface area (Å²) in [6, 6.07) is 8.24. The van der Waals surface area contributed by atoms with Gasteiger partial charge >= 0.3 is 5.97 Å². The van der Waals surface area contributed by atoms with Gasteiger partial charge in [-0.2, -0.15) is 0 Å². The van der Waals surface area contributed by atoms with Gasteiger partial charge in [-0.25, -0.2) is 4.79 Å². The molecule has 1 N–H and O–H groups in total. The van der Waals surface area contributed by atoms with Crippen molar-refractivity contribution >= 4 is 5.97 Å². The standard InChI is InChI=1S/C17H25NO2/c1-13-8-4-3-5-11-16(13)18-12-14-9-6-7-10-15(14)17(19)20-2/h6-7,9-10,13,16,18H,3-5,8,11-12H2,1-2H3. The van der Waals surface area contributed by atoms with Gasteiger partial charge in [0.25, 0.3) is 0 Å². The van der Waals surface area contributed by atoms with Crippen molar-refractivity contribution in [1.29, 1.82) is 0 Å². The third-order valence-corrected chi connectivity index (χ3v) is 4.34.